The average molecular weight is 403 g/mol. The van der Waals surface area contributed by atoms with E-state index in [1.807, 2.05) is 0 Å². The van der Waals surface area contributed by atoms with Crippen LogP contribution in [0.1, 0.15) is 29.8 Å². The third-order valence-electron chi connectivity index (χ3n) is 5.72. The highest BCUT2D eigenvalue weighted by Crippen LogP contribution is 2.33. The molecule has 1 saturated heterocycles. The van der Waals surface area contributed by atoms with Crippen LogP contribution in [0.15, 0.2) is 35.1 Å². The SMILES string of the molecule is CCN1CCN(C(c2ccc(F)cc2)c2c(O)cc(C)n(CCOC)c2=O)CC1. The lowest BCUT2D eigenvalue weighted by molar-refractivity contribution is 0.111. The first-order valence-corrected chi connectivity index (χ1v) is 10.1. The summed E-state index contributed by atoms with van der Waals surface area (Å²) in [5.74, 6) is -0.345. The fourth-order valence-electron chi connectivity index (χ4n) is 4.03. The van der Waals surface area contributed by atoms with Gasteiger partial charge in [-0.25, -0.2) is 4.39 Å². The van der Waals surface area contributed by atoms with Crippen molar-refractivity contribution in [3.05, 3.63) is 63.3 Å². The van der Waals surface area contributed by atoms with Gasteiger partial charge in [-0.05, 0) is 37.2 Å². The summed E-state index contributed by atoms with van der Waals surface area (Å²) >= 11 is 0. The van der Waals surface area contributed by atoms with Crippen molar-refractivity contribution in [3.63, 3.8) is 0 Å². The maximum Gasteiger partial charge on any atom is 0.259 e. The van der Waals surface area contributed by atoms with Crippen LogP contribution in [0.5, 0.6) is 5.75 Å². The van der Waals surface area contributed by atoms with Crippen LogP contribution in [-0.4, -0.2) is 65.9 Å². The third kappa shape index (κ3) is 4.69. The second-order valence-corrected chi connectivity index (χ2v) is 7.46. The van der Waals surface area contributed by atoms with Gasteiger partial charge in [0.1, 0.15) is 11.6 Å². The van der Waals surface area contributed by atoms with Crippen molar-refractivity contribution in [2.24, 2.45) is 0 Å². The zero-order chi connectivity index (χ0) is 21.0. The summed E-state index contributed by atoms with van der Waals surface area (Å²) < 4.78 is 20.3. The van der Waals surface area contributed by atoms with Gasteiger partial charge in [0.25, 0.3) is 5.56 Å². The van der Waals surface area contributed by atoms with Gasteiger partial charge in [0.05, 0.1) is 18.2 Å². The Bertz CT molecular complexity index is 874. The molecule has 1 aliphatic rings. The van der Waals surface area contributed by atoms with Gasteiger partial charge in [0.15, 0.2) is 0 Å². The van der Waals surface area contributed by atoms with Gasteiger partial charge in [0.2, 0.25) is 0 Å². The van der Waals surface area contributed by atoms with Crippen LogP contribution in [0.3, 0.4) is 0 Å². The van der Waals surface area contributed by atoms with E-state index in [4.69, 9.17) is 4.74 Å². The second-order valence-electron chi connectivity index (χ2n) is 7.46. The van der Waals surface area contributed by atoms with Gasteiger partial charge in [0, 0.05) is 45.5 Å². The number of halogens is 1. The zero-order valence-corrected chi connectivity index (χ0v) is 17.4. The molecule has 158 valence electrons. The molecular formula is C22H30FN3O3. The summed E-state index contributed by atoms with van der Waals surface area (Å²) in [6.45, 7) is 9.03. The van der Waals surface area contributed by atoms with Crippen LogP contribution in [0.4, 0.5) is 4.39 Å². The van der Waals surface area contributed by atoms with Crippen LogP contribution < -0.4 is 5.56 Å². The van der Waals surface area contributed by atoms with Crippen LogP contribution in [0, 0.1) is 12.7 Å². The third-order valence-corrected chi connectivity index (χ3v) is 5.72. The Balaban J connectivity index is 2.09. The summed E-state index contributed by atoms with van der Waals surface area (Å²) in [7, 11) is 1.59. The molecule has 1 atom stereocenters. The van der Waals surface area contributed by atoms with Gasteiger partial charge in [-0.2, -0.15) is 0 Å². The van der Waals surface area contributed by atoms with Crippen molar-refractivity contribution < 1.29 is 14.2 Å². The van der Waals surface area contributed by atoms with Crippen molar-refractivity contribution in [1.82, 2.24) is 14.4 Å². The first kappa shape index (κ1) is 21.5. The highest BCUT2D eigenvalue weighted by molar-refractivity contribution is 5.41. The standard InChI is InChI=1S/C22H30FN3O3/c1-4-24-9-11-25(12-10-24)21(17-5-7-18(23)8-6-17)20-19(27)15-16(2)26(22(20)28)13-14-29-3/h5-8,15,21,27H,4,9-14H2,1-3H3. The molecule has 6 nitrogen and oxygen atoms in total. The van der Waals surface area contributed by atoms with Crippen molar-refractivity contribution in [2.45, 2.75) is 26.4 Å². The van der Waals surface area contributed by atoms with E-state index in [1.54, 1.807) is 36.8 Å². The Hall–Kier alpha value is -2.22. The molecule has 1 aromatic heterocycles. The van der Waals surface area contributed by atoms with E-state index in [0.29, 0.717) is 24.4 Å². The Kier molecular flexibility index (Phi) is 7.05. The lowest BCUT2D eigenvalue weighted by Gasteiger charge is -2.39. The molecule has 0 radical (unpaired) electrons. The minimum atomic E-state index is -0.434. The molecule has 7 heteroatoms. The van der Waals surface area contributed by atoms with Gasteiger partial charge in [-0.15, -0.1) is 0 Å². The Labute approximate surface area is 171 Å². The van der Waals surface area contributed by atoms with E-state index in [2.05, 4.69) is 16.7 Å². The number of pyridine rings is 1. The largest absolute Gasteiger partial charge is 0.507 e. The first-order chi connectivity index (χ1) is 14.0. The normalized spacial score (nSPS) is 16.8. The maximum atomic E-state index is 13.6. The maximum absolute atomic E-state index is 13.6. The fraction of sp³-hybridized carbons (Fsp3) is 0.500. The van der Waals surface area contributed by atoms with Gasteiger partial charge in [-0.1, -0.05) is 19.1 Å². The van der Waals surface area contributed by atoms with E-state index < -0.39 is 6.04 Å². The number of aromatic nitrogens is 1. The number of aromatic hydroxyl groups is 1. The van der Waals surface area contributed by atoms with E-state index in [1.165, 1.54) is 12.1 Å². The number of nitrogens with zero attached hydrogens (tertiary/aromatic N) is 3. The summed E-state index contributed by atoms with van der Waals surface area (Å²) in [6, 6.07) is 7.40. The molecule has 0 aliphatic carbocycles. The Morgan fingerprint density at radius 1 is 1.17 bits per heavy atom. The Morgan fingerprint density at radius 2 is 1.83 bits per heavy atom. The van der Waals surface area contributed by atoms with E-state index in [0.717, 1.165) is 38.3 Å². The van der Waals surface area contributed by atoms with Gasteiger partial charge >= 0.3 is 0 Å². The van der Waals surface area contributed by atoms with Crippen LogP contribution in [0.25, 0.3) is 0 Å². The predicted octanol–water partition coefficient (Wildman–Crippen LogP) is 2.37. The Morgan fingerprint density at radius 3 is 2.41 bits per heavy atom. The molecular weight excluding hydrogens is 373 g/mol. The smallest absolute Gasteiger partial charge is 0.259 e. The minimum absolute atomic E-state index is 0.0200. The predicted molar refractivity (Wildman–Crippen MR) is 111 cm³/mol. The number of rotatable bonds is 7. The number of hydrogen-bond acceptors (Lipinski definition) is 5. The molecule has 0 saturated carbocycles. The summed E-state index contributed by atoms with van der Waals surface area (Å²) in [4.78, 5) is 17.9. The molecule has 3 rings (SSSR count). The molecule has 29 heavy (non-hydrogen) atoms. The molecule has 0 spiro atoms. The highest BCUT2D eigenvalue weighted by Gasteiger charge is 2.31. The van der Waals surface area contributed by atoms with E-state index in [-0.39, 0.29) is 17.1 Å². The number of likely N-dealkylation sites (N-methyl/N-ethyl adjacent to an activating group) is 1. The first-order valence-electron chi connectivity index (χ1n) is 10.1. The van der Waals surface area contributed by atoms with Gasteiger partial charge in [-0.3, -0.25) is 9.69 Å². The molecule has 0 amide bonds. The lowest BCUT2D eigenvalue weighted by Crippen LogP contribution is -2.48. The monoisotopic (exact) mass is 403 g/mol. The molecule has 1 N–H and O–H groups in total. The summed E-state index contributed by atoms with van der Waals surface area (Å²) in [5.41, 5.74) is 1.59. The van der Waals surface area contributed by atoms with Crippen LogP contribution >= 0.6 is 0 Å². The number of aryl methyl sites for hydroxylation is 1. The van der Waals surface area contributed by atoms with Gasteiger partial charge < -0.3 is 19.3 Å². The average Bonchev–Trinajstić information content (AvgIpc) is 2.72. The molecule has 1 aromatic carbocycles. The number of piperazine rings is 1. The highest BCUT2D eigenvalue weighted by atomic mass is 19.1. The van der Waals surface area contributed by atoms with E-state index >= 15 is 0 Å². The van der Waals surface area contributed by atoms with Crippen LogP contribution in [0.2, 0.25) is 0 Å². The number of hydrogen-bond donors (Lipinski definition) is 1. The molecule has 2 aromatic rings. The summed E-state index contributed by atoms with van der Waals surface area (Å²) in [5, 5.41) is 10.8. The van der Waals surface area contributed by atoms with E-state index in [9.17, 15) is 14.3 Å². The van der Waals surface area contributed by atoms with Crippen molar-refractivity contribution in [1.29, 1.82) is 0 Å². The second kappa shape index (κ2) is 9.52. The van der Waals surface area contributed by atoms with Crippen molar-refractivity contribution in [2.75, 3.05) is 46.4 Å². The molecule has 1 aliphatic heterocycles. The van der Waals surface area contributed by atoms with Crippen molar-refractivity contribution in [3.8, 4) is 5.75 Å². The number of methoxy groups -OCH3 is 1. The fourth-order valence-corrected chi connectivity index (χ4v) is 4.03. The van der Waals surface area contributed by atoms with Crippen LogP contribution in [-0.2, 0) is 11.3 Å². The molecule has 1 unspecified atom stereocenters. The summed E-state index contributed by atoms with van der Waals surface area (Å²) in [6.07, 6.45) is 0. The minimum Gasteiger partial charge on any atom is -0.507 e. The molecule has 1 fully saturated rings. The molecule has 0 bridgehead atoms. The molecule has 2 heterocycles. The zero-order valence-electron chi connectivity index (χ0n) is 17.4. The number of benzene rings is 1. The quantitative estimate of drug-likeness (QED) is 0.769. The number of ether oxygens (including phenoxy) is 1. The lowest BCUT2D eigenvalue weighted by atomic mass is 9.96. The topological polar surface area (TPSA) is 57.9 Å². The van der Waals surface area contributed by atoms with Crippen molar-refractivity contribution >= 4 is 0 Å².